The van der Waals surface area contributed by atoms with Gasteiger partial charge in [-0.05, 0) is 12.1 Å². The Bertz CT molecular complexity index is 389. The Labute approximate surface area is 75.3 Å². The van der Waals surface area contributed by atoms with E-state index in [1.165, 1.54) is 18.2 Å². The maximum Gasteiger partial charge on any atom is 0.306 e. The largest absolute Gasteiger partial charge is 0.504 e. The molecule has 0 spiro atoms. The molecule has 0 aliphatic rings. The molecule has 0 saturated carbocycles. The molecule has 1 aromatic carbocycles. The summed E-state index contributed by atoms with van der Waals surface area (Å²) in [6.07, 6.45) is 0.818. The molecule has 0 aliphatic heterocycles. The van der Waals surface area contributed by atoms with Gasteiger partial charge in [-0.1, -0.05) is 6.07 Å². The van der Waals surface area contributed by atoms with Crippen molar-refractivity contribution < 1.29 is 22.8 Å². The van der Waals surface area contributed by atoms with E-state index in [0.29, 0.717) is 0 Å². The fraction of sp³-hybridized carbons (Fsp3) is 0.143. The van der Waals surface area contributed by atoms with Crippen LogP contribution in [0.5, 0.6) is 17.2 Å². The molecule has 0 aliphatic carbocycles. The van der Waals surface area contributed by atoms with Gasteiger partial charge in [0.1, 0.15) is 0 Å². The zero-order chi connectivity index (χ0) is 10.1. The number of para-hydroxylation sites is 1. The smallest absolute Gasteiger partial charge is 0.306 e. The van der Waals surface area contributed by atoms with Crippen LogP contribution >= 0.6 is 0 Å². The molecule has 0 saturated heterocycles. The van der Waals surface area contributed by atoms with E-state index in [1.807, 2.05) is 0 Å². The number of rotatable bonds is 2. The van der Waals surface area contributed by atoms with E-state index in [0.717, 1.165) is 6.26 Å². The monoisotopic (exact) mass is 204 g/mol. The van der Waals surface area contributed by atoms with Crippen LogP contribution in [0.2, 0.25) is 0 Å². The third-order valence-corrected chi connectivity index (χ3v) is 1.68. The lowest BCUT2D eigenvalue weighted by Gasteiger charge is -2.05. The number of benzene rings is 1. The maximum absolute atomic E-state index is 10.7. The Morgan fingerprint density at radius 3 is 2.08 bits per heavy atom. The second kappa shape index (κ2) is 3.14. The van der Waals surface area contributed by atoms with Gasteiger partial charge >= 0.3 is 10.1 Å². The van der Waals surface area contributed by atoms with Crippen molar-refractivity contribution in [3.05, 3.63) is 18.2 Å². The van der Waals surface area contributed by atoms with Crippen LogP contribution in [0.1, 0.15) is 0 Å². The topological polar surface area (TPSA) is 83.8 Å². The molecule has 0 heterocycles. The summed E-state index contributed by atoms with van der Waals surface area (Å²) in [7, 11) is -3.74. The van der Waals surface area contributed by atoms with Gasteiger partial charge in [-0.25, -0.2) is 0 Å². The molecule has 0 fully saturated rings. The summed E-state index contributed by atoms with van der Waals surface area (Å²) in [5.41, 5.74) is 0. The summed E-state index contributed by atoms with van der Waals surface area (Å²) in [5, 5.41) is 18.2. The van der Waals surface area contributed by atoms with Crippen molar-refractivity contribution in [3.8, 4) is 17.2 Å². The van der Waals surface area contributed by atoms with Gasteiger partial charge in [0.2, 0.25) is 5.75 Å². The van der Waals surface area contributed by atoms with Gasteiger partial charge in [-0.3, -0.25) is 0 Å². The summed E-state index contributed by atoms with van der Waals surface area (Å²) in [6.45, 7) is 0. The molecule has 0 bridgehead atoms. The minimum atomic E-state index is -3.74. The van der Waals surface area contributed by atoms with E-state index < -0.39 is 27.4 Å². The van der Waals surface area contributed by atoms with Crippen LogP contribution in [0.15, 0.2) is 18.2 Å². The summed E-state index contributed by atoms with van der Waals surface area (Å²) in [5.74, 6) is -1.30. The lowest BCUT2D eigenvalue weighted by atomic mass is 10.3. The molecule has 5 nitrogen and oxygen atoms in total. The Morgan fingerprint density at radius 2 is 1.69 bits per heavy atom. The number of phenols is 2. The van der Waals surface area contributed by atoms with Crippen molar-refractivity contribution in [1.29, 1.82) is 0 Å². The SMILES string of the molecule is CS(=O)(=O)Oc1c(O)cccc1O. The lowest BCUT2D eigenvalue weighted by molar-refractivity contribution is 0.397. The van der Waals surface area contributed by atoms with Crippen LogP contribution in [-0.4, -0.2) is 24.9 Å². The minimum Gasteiger partial charge on any atom is -0.504 e. The highest BCUT2D eigenvalue weighted by molar-refractivity contribution is 7.86. The molecule has 13 heavy (non-hydrogen) atoms. The van der Waals surface area contributed by atoms with Crippen molar-refractivity contribution in [2.24, 2.45) is 0 Å². The Balaban J connectivity index is 3.15. The molecule has 6 heteroatoms. The van der Waals surface area contributed by atoms with Gasteiger partial charge in [-0.2, -0.15) is 8.42 Å². The van der Waals surface area contributed by atoms with Gasteiger partial charge in [0.25, 0.3) is 0 Å². The second-order valence-electron chi connectivity index (χ2n) is 2.41. The highest BCUT2D eigenvalue weighted by Crippen LogP contribution is 2.35. The summed E-state index contributed by atoms with van der Waals surface area (Å²) in [6, 6.07) is 3.78. The van der Waals surface area contributed by atoms with E-state index in [1.54, 1.807) is 0 Å². The number of hydrogen-bond donors (Lipinski definition) is 2. The molecule has 0 radical (unpaired) electrons. The molecule has 0 unspecified atom stereocenters. The first-order valence-electron chi connectivity index (χ1n) is 3.30. The Morgan fingerprint density at radius 1 is 1.23 bits per heavy atom. The summed E-state index contributed by atoms with van der Waals surface area (Å²) >= 11 is 0. The molecule has 72 valence electrons. The first-order chi connectivity index (χ1) is 5.90. The van der Waals surface area contributed by atoms with Crippen LogP contribution in [0.25, 0.3) is 0 Å². The predicted octanol–water partition coefficient (Wildman–Crippen LogP) is 0.436. The third-order valence-electron chi connectivity index (χ3n) is 1.21. The van der Waals surface area contributed by atoms with Crippen LogP contribution in [0, 0.1) is 0 Å². The molecular formula is C7H8O5S. The Hall–Kier alpha value is -1.43. The van der Waals surface area contributed by atoms with Crippen molar-refractivity contribution in [3.63, 3.8) is 0 Å². The van der Waals surface area contributed by atoms with Crippen LogP contribution in [-0.2, 0) is 10.1 Å². The average molecular weight is 204 g/mol. The molecule has 0 amide bonds. The molecular weight excluding hydrogens is 196 g/mol. The normalized spacial score (nSPS) is 11.2. The highest BCUT2D eigenvalue weighted by atomic mass is 32.2. The third kappa shape index (κ3) is 2.51. The van der Waals surface area contributed by atoms with Gasteiger partial charge in [-0.15, -0.1) is 0 Å². The second-order valence-corrected chi connectivity index (χ2v) is 3.99. The van der Waals surface area contributed by atoms with Crippen molar-refractivity contribution in [2.75, 3.05) is 6.26 Å². The quantitative estimate of drug-likeness (QED) is 0.683. The first-order valence-corrected chi connectivity index (χ1v) is 5.12. The van der Waals surface area contributed by atoms with Gasteiger partial charge < -0.3 is 14.4 Å². The Kier molecular flexibility index (Phi) is 2.33. The van der Waals surface area contributed by atoms with Crippen molar-refractivity contribution in [2.45, 2.75) is 0 Å². The van der Waals surface area contributed by atoms with Gasteiger partial charge in [0.05, 0.1) is 6.26 Å². The van der Waals surface area contributed by atoms with Crippen LogP contribution < -0.4 is 4.18 Å². The molecule has 2 N–H and O–H groups in total. The van der Waals surface area contributed by atoms with E-state index >= 15 is 0 Å². The van der Waals surface area contributed by atoms with E-state index in [9.17, 15) is 8.42 Å². The summed E-state index contributed by atoms with van der Waals surface area (Å²) in [4.78, 5) is 0. The number of hydrogen-bond acceptors (Lipinski definition) is 5. The zero-order valence-corrected chi connectivity index (χ0v) is 7.58. The number of aromatic hydroxyl groups is 2. The zero-order valence-electron chi connectivity index (χ0n) is 6.76. The maximum atomic E-state index is 10.7. The van der Waals surface area contributed by atoms with Gasteiger partial charge in [0.15, 0.2) is 11.5 Å². The van der Waals surface area contributed by atoms with E-state index in [-0.39, 0.29) is 0 Å². The van der Waals surface area contributed by atoms with Crippen LogP contribution in [0.4, 0.5) is 0 Å². The highest BCUT2D eigenvalue weighted by Gasteiger charge is 2.13. The molecule has 0 aromatic heterocycles. The first kappa shape index (κ1) is 9.66. The predicted molar refractivity (Wildman–Crippen MR) is 45.2 cm³/mol. The van der Waals surface area contributed by atoms with E-state index in [2.05, 4.69) is 4.18 Å². The fourth-order valence-corrected chi connectivity index (χ4v) is 1.22. The standard InChI is InChI=1S/C7H8O5S/c1-13(10,11)12-7-5(8)3-2-4-6(7)9/h2-4,8-9H,1H3. The van der Waals surface area contributed by atoms with E-state index in [4.69, 9.17) is 10.2 Å². The molecule has 1 rings (SSSR count). The average Bonchev–Trinajstić information content (AvgIpc) is 1.95. The fourth-order valence-electron chi connectivity index (χ4n) is 0.750. The molecule has 1 aromatic rings. The van der Waals surface area contributed by atoms with Crippen molar-refractivity contribution >= 4 is 10.1 Å². The van der Waals surface area contributed by atoms with Gasteiger partial charge in [0, 0.05) is 0 Å². The number of phenolic OH excluding ortho intramolecular Hbond substituents is 2. The van der Waals surface area contributed by atoms with Crippen molar-refractivity contribution in [1.82, 2.24) is 0 Å². The lowest BCUT2D eigenvalue weighted by Crippen LogP contribution is -2.05. The summed E-state index contributed by atoms with van der Waals surface area (Å²) < 4.78 is 25.7. The molecule has 0 atom stereocenters. The minimum absolute atomic E-state index is 0.426. The van der Waals surface area contributed by atoms with Crippen LogP contribution in [0.3, 0.4) is 0 Å².